The number of fused-ring (bicyclic) bond motifs is 1. The molecule has 0 aliphatic carbocycles. The van der Waals surface area contributed by atoms with Crippen molar-refractivity contribution >= 4 is 17.5 Å². The molecular weight excluding hydrogens is 267 g/mol. The van der Waals surface area contributed by atoms with Crippen LogP contribution >= 0.6 is 11.6 Å². The maximum atomic E-state index is 13.0. The molecule has 102 valence electrons. The lowest BCUT2D eigenvalue weighted by Gasteiger charge is -2.37. The van der Waals surface area contributed by atoms with E-state index >= 15 is 0 Å². The summed E-state index contributed by atoms with van der Waals surface area (Å²) in [6.07, 6.45) is 2.19. The van der Waals surface area contributed by atoms with Crippen molar-refractivity contribution in [3.8, 4) is 0 Å². The van der Waals surface area contributed by atoms with Crippen molar-refractivity contribution in [3.05, 3.63) is 34.6 Å². The molecule has 0 saturated carbocycles. The van der Waals surface area contributed by atoms with Crippen LogP contribution in [0.15, 0.2) is 18.2 Å². The first-order valence-electron chi connectivity index (χ1n) is 6.63. The maximum Gasteiger partial charge on any atom is 0.255 e. The van der Waals surface area contributed by atoms with Gasteiger partial charge in [-0.05, 0) is 37.0 Å². The van der Waals surface area contributed by atoms with Gasteiger partial charge < -0.3 is 10.2 Å². The Bertz CT molecular complexity index is 508. The molecular formula is C14H16ClFN2O. The lowest BCUT2D eigenvalue weighted by atomic mass is 9.91. The van der Waals surface area contributed by atoms with Crippen LogP contribution in [0.3, 0.4) is 0 Å². The van der Waals surface area contributed by atoms with Crippen LogP contribution in [0.5, 0.6) is 0 Å². The molecule has 0 aromatic heterocycles. The normalized spacial score (nSPS) is 26.3. The molecule has 0 bridgehead atoms. The molecule has 2 heterocycles. The third-order valence-electron chi connectivity index (χ3n) is 4.10. The molecule has 2 aliphatic rings. The standard InChI is InChI=1S/C14H16ClFN2O/c15-12-6-10(16)3-4-11(12)14(19)18-5-1-2-9-7-17-8-13(9)18/h3-4,6,9,13,17H,1-2,5,7-8H2. The second-order valence-corrected chi connectivity index (χ2v) is 5.66. The van der Waals surface area contributed by atoms with Crippen molar-refractivity contribution in [1.29, 1.82) is 0 Å². The van der Waals surface area contributed by atoms with Crippen molar-refractivity contribution in [1.82, 2.24) is 10.2 Å². The fourth-order valence-electron chi connectivity index (χ4n) is 3.14. The van der Waals surface area contributed by atoms with E-state index in [4.69, 9.17) is 11.6 Å². The third kappa shape index (κ3) is 2.35. The molecule has 1 N–H and O–H groups in total. The molecule has 0 spiro atoms. The number of likely N-dealkylation sites (tertiary alicyclic amines) is 1. The summed E-state index contributed by atoms with van der Waals surface area (Å²) in [6, 6.07) is 4.21. The SMILES string of the molecule is O=C(c1ccc(F)cc1Cl)N1CCCC2CNCC21. The number of hydrogen-bond acceptors (Lipinski definition) is 2. The predicted molar refractivity (Wildman–Crippen MR) is 71.8 cm³/mol. The van der Waals surface area contributed by atoms with Crippen molar-refractivity contribution in [2.45, 2.75) is 18.9 Å². The highest BCUT2D eigenvalue weighted by molar-refractivity contribution is 6.33. The maximum absolute atomic E-state index is 13.0. The lowest BCUT2D eigenvalue weighted by Crippen LogP contribution is -2.48. The zero-order chi connectivity index (χ0) is 13.4. The largest absolute Gasteiger partial charge is 0.334 e. The number of nitrogens with zero attached hydrogens (tertiary/aromatic N) is 1. The molecule has 2 saturated heterocycles. The highest BCUT2D eigenvalue weighted by Gasteiger charge is 2.37. The molecule has 1 aromatic carbocycles. The van der Waals surface area contributed by atoms with E-state index in [1.807, 2.05) is 4.90 Å². The van der Waals surface area contributed by atoms with Crippen LogP contribution in [0.1, 0.15) is 23.2 Å². The number of carbonyl (C=O) groups is 1. The van der Waals surface area contributed by atoms with Gasteiger partial charge in [0.15, 0.2) is 0 Å². The first-order chi connectivity index (χ1) is 9.16. The van der Waals surface area contributed by atoms with Crippen LogP contribution in [-0.4, -0.2) is 36.5 Å². The van der Waals surface area contributed by atoms with E-state index in [9.17, 15) is 9.18 Å². The van der Waals surface area contributed by atoms with Gasteiger partial charge in [-0.25, -0.2) is 4.39 Å². The van der Waals surface area contributed by atoms with E-state index in [1.54, 1.807) is 0 Å². The number of amides is 1. The van der Waals surface area contributed by atoms with Gasteiger partial charge in [-0.3, -0.25) is 4.79 Å². The predicted octanol–water partition coefficient (Wildman–Crippen LogP) is 2.30. The second-order valence-electron chi connectivity index (χ2n) is 5.25. The van der Waals surface area contributed by atoms with Crippen LogP contribution < -0.4 is 5.32 Å². The van der Waals surface area contributed by atoms with E-state index in [0.717, 1.165) is 26.1 Å². The summed E-state index contributed by atoms with van der Waals surface area (Å²) in [6.45, 7) is 2.58. The number of rotatable bonds is 1. The molecule has 3 nitrogen and oxygen atoms in total. The quantitative estimate of drug-likeness (QED) is 0.857. The van der Waals surface area contributed by atoms with E-state index in [2.05, 4.69) is 5.32 Å². The highest BCUT2D eigenvalue weighted by atomic mass is 35.5. The first-order valence-corrected chi connectivity index (χ1v) is 7.01. The van der Waals surface area contributed by atoms with Gasteiger partial charge in [-0.15, -0.1) is 0 Å². The Kier molecular flexibility index (Phi) is 3.46. The van der Waals surface area contributed by atoms with Crippen molar-refractivity contribution in [2.75, 3.05) is 19.6 Å². The van der Waals surface area contributed by atoms with Gasteiger partial charge in [-0.1, -0.05) is 11.6 Å². The highest BCUT2D eigenvalue weighted by Crippen LogP contribution is 2.29. The van der Waals surface area contributed by atoms with E-state index < -0.39 is 5.82 Å². The average Bonchev–Trinajstić information content (AvgIpc) is 2.86. The summed E-state index contributed by atoms with van der Waals surface area (Å²) in [4.78, 5) is 14.5. The summed E-state index contributed by atoms with van der Waals surface area (Å²) in [5, 5.41) is 3.53. The van der Waals surface area contributed by atoms with Crippen molar-refractivity contribution in [3.63, 3.8) is 0 Å². The van der Waals surface area contributed by atoms with Crippen molar-refractivity contribution < 1.29 is 9.18 Å². The number of benzene rings is 1. The molecule has 0 radical (unpaired) electrons. The van der Waals surface area contributed by atoms with Gasteiger partial charge >= 0.3 is 0 Å². The minimum absolute atomic E-state index is 0.0802. The van der Waals surface area contributed by atoms with Gasteiger partial charge in [0, 0.05) is 25.7 Å². The number of halogens is 2. The Morgan fingerprint density at radius 1 is 1.42 bits per heavy atom. The molecule has 1 aromatic rings. The number of piperidine rings is 1. The van der Waals surface area contributed by atoms with Crippen LogP contribution in [0.4, 0.5) is 4.39 Å². The average molecular weight is 283 g/mol. The van der Waals surface area contributed by atoms with Gasteiger partial charge in [0.1, 0.15) is 5.82 Å². The summed E-state index contributed by atoms with van der Waals surface area (Å²) >= 11 is 5.98. The minimum atomic E-state index is -0.416. The van der Waals surface area contributed by atoms with Gasteiger partial charge in [0.2, 0.25) is 0 Å². The molecule has 2 aliphatic heterocycles. The number of hydrogen-bond donors (Lipinski definition) is 1. The molecule has 2 atom stereocenters. The van der Waals surface area contributed by atoms with Crippen LogP contribution in [0.25, 0.3) is 0 Å². The van der Waals surface area contributed by atoms with Crippen molar-refractivity contribution in [2.24, 2.45) is 5.92 Å². The smallest absolute Gasteiger partial charge is 0.255 e. The number of nitrogens with one attached hydrogen (secondary N) is 1. The van der Waals surface area contributed by atoms with Crippen LogP contribution in [0, 0.1) is 11.7 Å². The zero-order valence-corrected chi connectivity index (χ0v) is 11.3. The molecule has 5 heteroatoms. The fourth-order valence-corrected chi connectivity index (χ4v) is 3.39. The minimum Gasteiger partial charge on any atom is -0.334 e. The van der Waals surface area contributed by atoms with E-state index in [0.29, 0.717) is 11.5 Å². The van der Waals surface area contributed by atoms with Crippen LogP contribution in [-0.2, 0) is 0 Å². The molecule has 2 fully saturated rings. The molecule has 2 unspecified atom stereocenters. The van der Waals surface area contributed by atoms with E-state index in [1.165, 1.54) is 24.6 Å². The Morgan fingerprint density at radius 2 is 2.26 bits per heavy atom. The summed E-state index contributed by atoms with van der Waals surface area (Å²) in [5.74, 6) is 0.0425. The van der Waals surface area contributed by atoms with Crippen LogP contribution in [0.2, 0.25) is 5.02 Å². The Labute approximate surface area is 116 Å². The molecule has 19 heavy (non-hydrogen) atoms. The first kappa shape index (κ1) is 12.9. The lowest BCUT2D eigenvalue weighted by molar-refractivity contribution is 0.0575. The van der Waals surface area contributed by atoms with E-state index in [-0.39, 0.29) is 17.0 Å². The summed E-state index contributed by atoms with van der Waals surface area (Å²) in [5.41, 5.74) is 0.399. The van der Waals surface area contributed by atoms with Gasteiger partial charge in [0.25, 0.3) is 5.91 Å². The fraction of sp³-hybridized carbons (Fsp3) is 0.500. The zero-order valence-electron chi connectivity index (χ0n) is 10.5. The van der Waals surface area contributed by atoms with Gasteiger partial charge in [-0.2, -0.15) is 0 Å². The van der Waals surface area contributed by atoms with Gasteiger partial charge in [0.05, 0.1) is 10.6 Å². The Balaban J connectivity index is 1.86. The summed E-state index contributed by atoms with van der Waals surface area (Å²) < 4.78 is 13.0. The second kappa shape index (κ2) is 5.10. The Hall–Kier alpha value is -1.13. The monoisotopic (exact) mass is 282 g/mol. The number of carbonyl (C=O) groups excluding carboxylic acids is 1. The topological polar surface area (TPSA) is 32.3 Å². The Morgan fingerprint density at radius 3 is 3.05 bits per heavy atom. The molecule has 1 amide bonds. The summed E-state index contributed by atoms with van der Waals surface area (Å²) in [7, 11) is 0. The molecule has 3 rings (SSSR count). The third-order valence-corrected chi connectivity index (χ3v) is 4.41.